The predicted octanol–water partition coefficient (Wildman–Crippen LogP) is 3.12. The highest BCUT2D eigenvalue weighted by Crippen LogP contribution is 2.36. The van der Waals surface area contributed by atoms with Gasteiger partial charge in [-0.15, -0.1) is 0 Å². The van der Waals surface area contributed by atoms with Gasteiger partial charge in [0, 0.05) is 31.1 Å². The van der Waals surface area contributed by atoms with E-state index in [-0.39, 0.29) is 29.3 Å². The van der Waals surface area contributed by atoms with Crippen molar-refractivity contribution in [1.29, 1.82) is 0 Å². The number of hydrogen-bond acceptors (Lipinski definition) is 5. The number of ether oxygens (including phenoxy) is 1. The number of anilines is 1. The molecule has 144 valence electrons. The van der Waals surface area contributed by atoms with Crippen LogP contribution in [-0.2, 0) is 4.79 Å². The Hall–Kier alpha value is -2.38. The molecule has 1 aliphatic rings. The van der Waals surface area contributed by atoms with Crippen LogP contribution in [0.3, 0.4) is 0 Å². The number of carbonyl (C=O) groups excluding carboxylic acids is 1. The van der Waals surface area contributed by atoms with E-state index in [9.17, 15) is 19.3 Å². The van der Waals surface area contributed by atoms with Crippen LogP contribution in [0.25, 0.3) is 0 Å². The van der Waals surface area contributed by atoms with Gasteiger partial charge in [-0.25, -0.2) is 4.39 Å². The molecule has 1 heterocycles. The lowest BCUT2D eigenvalue weighted by molar-refractivity contribution is -0.384. The Morgan fingerprint density at radius 1 is 1.35 bits per heavy atom. The lowest BCUT2D eigenvalue weighted by atomic mass is 9.94. The molecule has 0 aromatic heterocycles. The molecule has 1 saturated heterocycles. The van der Waals surface area contributed by atoms with Gasteiger partial charge in [0.1, 0.15) is 5.69 Å². The van der Waals surface area contributed by atoms with E-state index in [2.05, 4.69) is 19.2 Å². The molecule has 2 rings (SSSR count). The highest BCUT2D eigenvalue weighted by Gasteiger charge is 2.30. The van der Waals surface area contributed by atoms with Gasteiger partial charge in [-0.05, 0) is 25.7 Å². The van der Waals surface area contributed by atoms with E-state index in [0.29, 0.717) is 37.5 Å². The van der Waals surface area contributed by atoms with Crippen molar-refractivity contribution in [3.8, 4) is 5.75 Å². The summed E-state index contributed by atoms with van der Waals surface area (Å²) >= 11 is 0. The molecular formula is C18H26FN3O4. The summed E-state index contributed by atoms with van der Waals surface area (Å²) in [5.74, 6) is -0.532. The lowest BCUT2D eigenvalue weighted by Gasteiger charge is -2.33. The zero-order valence-corrected chi connectivity index (χ0v) is 15.6. The van der Waals surface area contributed by atoms with Gasteiger partial charge < -0.3 is 15.0 Å². The van der Waals surface area contributed by atoms with Gasteiger partial charge in [-0.3, -0.25) is 14.9 Å². The fourth-order valence-corrected chi connectivity index (χ4v) is 2.98. The van der Waals surface area contributed by atoms with Gasteiger partial charge in [0.05, 0.1) is 18.1 Å². The molecule has 1 unspecified atom stereocenters. The number of methoxy groups -OCH3 is 1. The van der Waals surface area contributed by atoms with E-state index in [0.717, 1.165) is 6.07 Å². The minimum atomic E-state index is -0.764. The van der Waals surface area contributed by atoms with Crippen molar-refractivity contribution in [2.75, 3.05) is 25.1 Å². The maximum absolute atomic E-state index is 13.8. The van der Waals surface area contributed by atoms with Crippen LogP contribution in [-0.4, -0.2) is 37.1 Å². The number of halogens is 1. The Morgan fingerprint density at radius 3 is 2.46 bits per heavy atom. The number of carbonyl (C=O) groups is 1. The van der Waals surface area contributed by atoms with Crippen molar-refractivity contribution in [1.82, 2.24) is 5.32 Å². The zero-order valence-electron chi connectivity index (χ0n) is 15.6. The van der Waals surface area contributed by atoms with Crippen LogP contribution >= 0.6 is 0 Å². The van der Waals surface area contributed by atoms with E-state index < -0.39 is 10.7 Å². The van der Waals surface area contributed by atoms with Gasteiger partial charge in [-0.1, -0.05) is 13.8 Å². The number of nitro groups is 1. The van der Waals surface area contributed by atoms with Crippen LogP contribution in [0.1, 0.15) is 33.6 Å². The van der Waals surface area contributed by atoms with Crippen molar-refractivity contribution in [3.05, 3.63) is 28.1 Å². The summed E-state index contributed by atoms with van der Waals surface area (Å²) in [6, 6.07) is 2.34. The molecule has 0 aliphatic carbocycles. The Kier molecular flexibility index (Phi) is 6.39. The molecule has 1 aliphatic heterocycles. The van der Waals surface area contributed by atoms with E-state index in [1.54, 1.807) is 0 Å². The molecule has 1 N–H and O–H groups in total. The average molecular weight is 367 g/mol. The Labute approximate surface area is 152 Å². The molecule has 1 aromatic rings. The van der Waals surface area contributed by atoms with Crippen LogP contribution in [0.2, 0.25) is 0 Å². The first-order chi connectivity index (χ1) is 12.2. The average Bonchev–Trinajstić information content (AvgIpc) is 2.61. The number of amides is 1. The predicted molar refractivity (Wildman–Crippen MR) is 97.0 cm³/mol. The van der Waals surface area contributed by atoms with Crippen molar-refractivity contribution in [2.45, 2.75) is 39.7 Å². The summed E-state index contributed by atoms with van der Waals surface area (Å²) in [5, 5.41) is 14.3. The third-order valence-corrected chi connectivity index (χ3v) is 5.02. The number of nitrogens with one attached hydrogen (secondary N) is 1. The molecule has 7 nitrogen and oxygen atoms in total. The Morgan fingerprint density at radius 2 is 1.96 bits per heavy atom. The lowest BCUT2D eigenvalue weighted by Crippen LogP contribution is -2.44. The molecular weight excluding hydrogens is 341 g/mol. The first kappa shape index (κ1) is 19.9. The van der Waals surface area contributed by atoms with Gasteiger partial charge in [0.25, 0.3) is 5.69 Å². The topological polar surface area (TPSA) is 84.7 Å². The maximum atomic E-state index is 13.8. The molecule has 26 heavy (non-hydrogen) atoms. The fourth-order valence-electron chi connectivity index (χ4n) is 2.98. The number of rotatable bonds is 6. The molecule has 1 amide bonds. The molecule has 0 bridgehead atoms. The van der Waals surface area contributed by atoms with Crippen molar-refractivity contribution < 1.29 is 18.8 Å². The van der Waals surface area contributed by atoms with E-state index in [4.69, 9.17) is 4.74 Å². The van der Waals surface area contributed by atoms with E-state index >= 15 is 0 Å². The monoisotopic (exact) mass is 367 g/mol. The SMILES string of the molecule is COc1cc(N2CCC(C(=O)NC(C)C(C)C)CC2)c([N+](=O)[O-])cc1F. The Bertz CT molecular complexity index is 673. The summed E-state index contributed by atoms with van der Waals surface area (Å²) in [5.41, 5.74) is 0.0299. The molecule has 1 aromatic carbocycles. The van der Waals surface area contributed by atoms with Gasteiger partial charge in [0.2, 0.25) is 5.91 Å². The smallest absolute Gasteiger partial charge is 0.295 e. The first-order valence-corrected chi connectivity index (χ1v) is 8.81. The normalized spacial score (nSPS) is 16.5. The Balaban J connectivity index is 2.10. The van der Waals surface area contributed by atoms with Gasteiger partial charge >= 0.3 is 0 Å². The summed E-state index contributed by atoms with van der Waals surface area (Å²) in [6.45, 7) is 7.06. The zero-order chi connectivity index (χ0) is 19.4. The van der Waals surface area contributed by atoms with Crippen molar-refractivity contribution in [3.63, 3.8) is 0 Å². The van der Waals surface area contributed by atoms with Crippen LogP contribution < -0.4 is 15.0 Å². The van der Waals surface area contributed by atoms with Crippen LogP contribution in [0.5, 0.6) is 5.75 Å². The van der Waals surface area contributed by atoms with E-state index in [1.165, 1.54) is 13.2 Å². The van der Waals surface area contributed by atoms with E-state index in [1.807, 2.05) is 11.8 Å². The summed E-state index contributed by atoms with van der Waals surface area (Å²) in [6.07, 6.45) is 1.18. The highest BCUT2D eigenvalue weighted by atomic mass is 19.1. The standard InChI is InChI=1S/C18H26FN3O4/c1-11(2)12(3)20-18(23)13-5-7-21(8-6-13)15-10-17(26-4)14(19)9-16(15)22(24)25/h9-13H,5-8H2,1-4H3,(H,20,23). The number of piperidine rings is 1. The second kappa shape index (κ2) is 8.33. The molecule has 0 saturated carbocycles. The number of nitro benzene ring substituents is 1. The third-order valence-electron chi connectivity index (χ3n) is 5.02. The number of hydrogen-bond donors (Lipinski definition) is 1. The van der Waals surface area contributed by atoms with Crippen LogP contribution in [0.4, 0.5) is 15.8 Å². The quantitative estimate of drug-likeness (QED) is 0.617. The summed E-state index contributed by atoms with van der Waals surface area (Å²) in [7, 11) is 1.32. The third kappa shape index (κ3) is 4.42. The maximum Gasteiger partial charge on any atom is 0.295 e. The van der Waals surface area contributed by atoms with Crippen molar-refractivity contribution >= 4 is 17.3 Å². The largest absolute Gasteiger partial charge is 0.494 e. The second-order valence-corrected chi connectivity index (χ2v) is 7.04. The molecule has 1 fully saturated rings. The first-order valence-electron chi connectivity index (χ1n) is 8.81. The van der Waals surface area contributed by atoms with Gasteiger partial charge in [0.15, 0.2) is 11.6 Å². The van der Waals surface area contributed by atoms with Crippen LogP contribution in [0, 0.1) is 27.8 Å². The molecule has 0 spiro atoms. The highest BCUT2D eigenvalue weighted by molar-refractivity contribution is 5.79. The van der Waals surface area contributed by atoms with Gasteiger partial charge in [-0.2, -0.15) is 0 Å². The molecule has 1 atom stereocenters. The molecule has 8 heteroatoms. The summed E-state index contributed by atoms with van der Waals surface area (Å²) in [4.78, 5) is 24.9. The fraction of sp³-hybridized carbons (Fsp3) is 0.611. The number of benzene rings is 1. The number of nitrogens with zero attached hydrogens (tertiary/aromatic N) is 2. The summed E-state index contributed by atoms with van der Waals surface area (Å²) < 4.78 is 18.8. The minimum Gasteiger partial charge on any atom is -0.494 e. The molecule has 0 radical (unpaired) electrons. The van der Waals surface area contributed by atoms with Crippen molar-refractivity contribution in [2.24, 2.45) is 11.8 Å². The second-order valence-electron chi connectivity index (χ2n) is 7.04. The van der Waals surface area contributed by atoms with Crippen LogP contribution in [0.15, 0.2) is 12.1 Å². The minimum absolute atomic E-state index is 0.0250.